The third-order valence-electron chi connectivity index (χ3n) is 1.55. The fourth-order valence-electron chi connectivity index (χ4n) is 0.973. The second-order valence-electron chi connectivity index (χ2n) is 2.31. The van der Waals surface area contributed by atoms with Crippen molar-refractivity contribution in [2.75, 3.05) is 12.4 Å². The van der Waals surface area contributed by atoms with E-state index in [9.17, 15) is 0 Å². The van der Waals surface area contributed by atoms with Crippen molar-refractivity contribution in [3.05, 3.63) is 22.5 Å². The summed E-state index contributed by atoms with van der Waals surface area (Å²) in [7, 11) is 1.74. The fourth-order valence-corrected chi connectivity index (χ4v) is 1.21. The van der Waals surface area contributed by atoms with Gasteiger partial charge in [-0.25, -0.2) is 4.98 Å². The van der Waals surface area contributed by atoms with Crippen LogP contribution >= 0.6 is 11.6 Å². The van der Waals surface area contributed by atoms with Crippen LogP contribution in [-0.4, -0.2) is 12.0 Å². The van der Waals surface area contributed by atoms with Gasteiger partial charge in [0.1, 0.15) is 11.2 Å². The molecule has 0 aliphatic carbocycles. The van der Waals surface area contributed by atoms with Crippen LogP contribution in [0.2, 0.25) is 5.15 Å². The van der Waals surface area contributed by atoms with E-state index in [4.69, 9.17) is 16.9 Å². The molecule has 1 heterocycles. The summed E-state index contributed by atoms with van der Waals surface area (Å²) in [5.74, 6) is 0. The van der Waals surface area contributed by atoms with Crippen LogP contribution in [0.15, 0.2) is 6.07 Å². The molecule has 0 aliphatic heterocycles. The Hall–Kier alpha value is -1.27. The Kier molecular flexibility index (Phi) is 2.51. The van der Waals surface area contributed by atoms with Crippen molar-refractivity contribution in [2.45, 2.75) is 6.92 Å². The van der Waals surface area contributed by atoms with Crippen molar-refractivity contribution in [3.8, 4) is 6.07 Å². The lowest BCUT2D eigenvalue weighted by Crippen LogP contribution is -1.97. The molecule has 1 aromatic rings. The molecule has 0 unspecified atom stereocenters. The highest BCUT2D eigenvalue weighted by Crippen LogP contribution is 2.20. The second-order valence-corrected chi connectivity index (χ2v) is 2.70. The van der Waals surface area contributed by atoms with Gasteiger partial charge in [0.25, 0.3) is 0 Å². The molecule has 0 amide bonds. The number of hydrogen-bond donors (Lipinski definition) is 1. The predicted octanol–water partition coefficient (Wildman–Crippen LogP) is 1.96. The molecule has 0 radical (unpaired) electrons. The summed E-state index contributed by atoms with van der Waals surface area (Å²) in [6, 6.07) is 3.69. The van der Waals surface area contributed by atoms with Gasteiger partial charge in [0.05, 0.1) is 16.9 Å². The molecule has 1 N–H and O–H groups in total. The molecule has 4 heteroatoms. The quantitative estimate of drug-likeness (QED) is 0.674. The SMILES string of the molecule is CNc1cc(Cl)nc(C)c1C#N. The summed E-state index contributed by atoms with van der Waals surface area (Å²) >= 11 is 5.70. The predicted molar refractivity (Wildman–Crippen MR) is 48.2 cm³/mol. The molecule has 0 fully saturated rings. The zero-order chi connectivity index (χ0) is 9.14. The van der Waals surface area contributed by atoms with E-state index in [1.54, 1.807) is 20.0 Å². The Labute approximate surface area is 76.0 Å². The maximum absolute atomic E-state index is 8.75. The molecule has 1 aromatic heterocycles. The minimum absolute atomic E-state index is 0.399. The molecule has 12 heavy (non-hydrogen) atoms. The maximum Gasteiger partial charge on any atom is 0.131 e. The van der Waals surface area contributed by atoms with E-state index in [-0.39, 0.29) is 0 Å². The van der Waals surface area contributed by atoms with E-state index in [1.165, 1.54) is 0 Å². The van der Waals surface area contributed by atoms with Crippen molar-refractivity contribution >= 4 is 17.3 Å². The van der Waals surface area contributed by atoms with Crippen LogP contribution in [0.3, 0.4) is 0 Å². The number of aryl methyl sites for hydroxylation is 1. The molecule has 62 valence electrons. The summed E-state index contributed by atoms with van der Waals surface area (Å²) in [4.78, 5) is 3.96. The molecule has 0 spiro atoms. The molecule has 0 aromatic carbocycles. The minimum Gasteiger partial charge on any atom is -0.387 e. The highest BCUT2D eigenvalue weighted by Gasteiger charge is 2.06. The van der Waals surface area contributed by atoms with Gasteiger partial charge in [-0.3, -0.25) is 0 Å². The number of anilines is 1. The van der Waals surface area contributed by atoms with Gasteiger partial charge in [-0.2, -0.15) is 5.26 Å². The fraction of sp³-hybridized carbons (Fsp3) is 0.250. The highest BCUT2D eigenvalue weighted by atomic mass is 35.5. The lowest BCUT2D eigenvalue weighted by molar-refractivity contribution is 1.18. The first-order valence-corrected chi connectivity index (χ1v) is 3.82. The monoisotopic (exact) mass is 181 g/mol. The van der Waals surface area contributed by atoms with Gasteiger partial charge in [0, 0.05) is 7.05 Å². The number of hydrogen-bond acceptors (Lipinski definition) is 3. The van der Waals surface area contributed by atoms with E-state index < -0.39 is 0 Å². The summed E-state index contributed by atoms with van der Waals surface area (Å²) in [5, 5.41) is 12.0. The van der Waals surface area contributed by atoms with Crippen molar-refractivity contribution < 1.29 is 0 Å². The number of nitrogens with zero attached hydrogens (tertiary/aromatic N) is 2. The molecule has 0 aliphatic rings. The Morgan fingerprint density at radius 3 is 2.83 bits per heavy atom. The average Bonchev–Trinajstić information content (AvgIpc) is 2.03. The first-order chi connectivity index (χ1) is 5.69. The van der Waals surface area contributed by atoms with Gasteiger partial charge < -0.3 is 5.32 Å². The number of aromatic nitrogens is 1. The normalized spacial score (nSPS) is 9.17. The first-order valence-electron chi connectivity index (χ1n) is 3.44. The molecular formula is C8H8ClN3. The van der Waals surface area contributed by atoms with Gasteiger partial charge in [0.2, 0.25) is 0 Å². The standard InChI is InChI=1S/C8H8ClN3/c1-5-6(4-10)7(11-2)3-8(9)12-5/h3H,1-2H3,(H,11,12). The van der Waals surface area contributed by atoms with Gasteiger partial charge in [-0.1, -0.05) is 11.6 Å². The van der Waals surface area contributed by atoms with Crippen LogP contribution < -0.4 is 5.32 Å². The zero-order valence-electron chi connectivity index (χ0n) is 6.85. The number of nitrogens with one attached hydrogen (secondary N) is 1. The Bertz CT molecular complexity index is 341. The van der Waals surface area contributed by atoms with E-state index in [0.717, 1.165) is 5.69 Å². The van der Waals surface area contributed by atoms with E-state index in [0.29, 0.717) is 16.4 Å². The number of halogens is 1. The maximum atomic E-state index is 8.75. The van der Waals surface area contributed by atoms with Crippen LogP contribution in [0.5, 0.6) is 0 Å². The number of rotatable bonds is 1. The molecular weight excluding hydrogens is 174 g/mol. The van der Waals surface area contributed by atoms with Crippen LogP contribution in [-0.2, 0) is 0 Å². The Morgan fingerprint density at radius 1 is 1.67 bits per heavy atom. The summed E-state index contributed by atoms with van der Waals surface area (Å²) in [5.41, 5.74) is 1.91. The Balaban J connectivity index is 3.36. The minimum atomic E-state index is 0.399. The van der Waals surface area contributed by atoms with Gasteiger partial charge in [-0.15, -0.1) is 0 Å². The van der Waals surface area contributed by atoms with Crippen LogP contribution in [0.1, 0.15) is 11.3 Å². The molecule has 0 saturated heterocycles. The third kappa shape index (κ3) is 1.49. The van der Waals surface area contributed by atoms with Crippen LogP contribution in [0, 0.1) is 18.3 Å². The van der Waals surface area contributed by atoms with Crippen molar-refractivity contribution in [1.82, 2.24) is 4.98 Å². The van der Waals surface area contributed by atoms with Gasteiger partial charge in [0.15, 0.2) is 0 Å². The second kappa shape index (κ2) is 3.42. The van der Waals surface area contributed by atoms with E-state index >= 15 is 0 Å². The topological polar surface area (TPSA) is 48.7 Å². The summed E-state index contributed by atoms with van der Waals surface area (Å²) in [6.07, 6.45) is 0. The average molecular weight is 182 g/mol. The number of pyridine rings is 1. The van der Waals surface area contributed by atoms with E-state index in [1.807, 2.05) is 0 Å². The Morgan fingerprint density at radius 2 is 2.33 bits per heavy atom. The third-order valence-corrected chi connectivity index (χ3v) is 1.74. The molecule has 1 rings (SSSR count). The van der Waals surface area contributed by atoms with Crippen molar-refractivity contribution in [3.63, 3.8) is 0 Å². The first kappa shape index (κ1) is 8.82. The molecule has 0 saturated carbocycles. The largest absolute Gasteiger partial charge is 0.387 e. The van der Waals surface area contributed by atoms with Crippen LogP contribution in [0.4, 0.5) is 5.69 Å². The molecule has 0 atom stereocenters. The highest BCUT2D eigenvalue weighted by molar-refractivity contribution is 6.29. The molecule has 0 bridgehead atoms. The smallest absolute Gasteiger partial charge is 0.131 e. The van der Waals surface area contributed by atoms with Gasteiger partial charge in [-0.05, 0) is 13.0 Å². The van der Waals surface area contributed by atoms with Crippen molar-refractivity contribution in [2.24, 2.45) is 0 Å². The van der Waals surface area contributed by atoms with Crippen LogP contribution in [0.25, 0.3) is 0 Å². The van der Waals surface area contributed by atoms with Gasteiger partial charge >= 0.3 is 0 Å². The number of nitriles is 1. The lowest BCUT2D eigenvalue weighted by atomic mass is 10.2. The summed E-state index contributed by atoms with van der Waals surface area (Å²) < 4.78 is 0. The summed E-state index contributed by atoms with van der Waals surface area (Å²) in [6.45, 7) is 1.76. The van der Waals surface area contributed by atoms with E-state index in [2.05, 4.69) is 16.4 Å². The van der Waals surface area contributed by atoms with Crippen molar-refractivity contribution in [1.29, 1.82) is 5.26 Å². The lowest BCUT2D eigenvalue weighted by Gasteiger charge is -2.04. The zero-order valence-corrected chi connectivity index (χ0v) is 7.61. The molecule has 3 nitrogen and oxygen atoms in total.